The summed E-state index contributed by atoms with van der Waals surface area (Å²) in [4.78, 5) is 12.5. The molecule has 0 amide bonds. The Bertz CT molecular complexity index is 745. The van der Waals surface area contributed by atoms with E-state index in [9.17, 15) is 0 Å². The zero-order valence-electron chi connectivity index (χ0n) is 12.6. The fourth-order valence-corrected chi connectivity index (χ4v) is 3.21. The summed E-state index contributed by atoms with van der Waals surface area (Å²) in [6, 6.07) is 2.10. The monoisotopic (exact) mass is 301 g/mol. The minimum Gasteiger partial charge on any atom is -0.352 e. The highest BCUT2D eigenvalue weighted by Crippen LogP contribution is 2.28. The van der Waals surface area contributed by atoms with Gasteiger partial charge >= 0.3 is 0 Å². The van der Waals surface area contributed by atoms with Crippen molar-refractivity contribution in [1.82, 2.24) is 19.7 Å². The highest BCUT2D eigenvalue weighted by atomic mass is 32.1. The lowest BCUT2D eigenvalue weighted by Crippen LogP contribution is -2.23. The highest BCUT2D eigenvalue weighted by molar-refractivity contribution is 7.16. The van der Waals surface area contributed by atoms with Crippen molar-refractivity contribution in [2.75, 3.05) is 11.4 Å². The van der Waals surface area contributed by atoms with Crippen LogP contribution in [-0.2, 0) is 13.1 Å². The fraction of sp³-hybridized carbons (Fsp3) is 0.400. The maximum Gasteiger partial charge on any atom is 0.141 e. The van der Waals surface area contributed by atoms with Gasteiger partial charge in [-0.3, -0.25) is 4.68 Å². The lowest BCUT2D eigenvalue weighted by Gasteiger charge is -2.22. The Morgan fingerprint density at radius 1 is 1.29 bits per heavy atom. The maximum atomic E-state index is 4.66. The molecule has 0 bridgehead atoms. The van der Waals surface area contributed by atoms with Crippen LogP contribution in [0.25, 0.3) is 10.2 Å². The molecular formula is C15H19N5S. The van der Waals surface area contributed by atoms with Crippen LogP contribution in [0.15, 0.2) is 23.8 Å². The van der Waals surface area contributed by atoms with E-state index >= 15 is 0 Å². The number of nitrogens with zero attached hydrogens (tertiary/aromatic N) is 5. The summed E-state index contributed by atoms with van der Waals surface area (Å²) in [7, 11) is 0. The van der Waals surface area contributed by atoms with Crippen LogP contribution in [0.3, 0.4) is 0 Å². The predicted molar refractivity (Wildman–Crippen MR) is 86.8 cm³/mol. The number of hydrogen-bond acceptors (Lipinski definition) is 5. The van der Waals surface area contributed by atoms with Crippen LogP contribution in [-0.4, -0.2) is 26.3 Å². The van der Waals surface area contributed by atoms with Crippen molar-refractivity contribution in [2.45, 2.75) is 33.9 Å². The second kappa shape index (κ2) is 5.81. The Kier molecular flexibility index (Phi) is 3.88. The molecule has 3 rings (SSSR count). The summed E-state index contributed by atoms with van der Waals surface area (Å²) < 4.78 is 1.95. The van der Waals surface area contributed by atoms with E-state index in [1.807, 2.05) is 17.8 Å². The maximum absolute atomic E-state index is 4.66. The van der Waals surface area contributed by atoms with Gasteiger partial charge in [0.2, 0.25) is 0 Å². The molecule has 0 atom stereocenters. The van der Waals surface area contributed by atoms with Gasteiger partial charge in [-0.1, -0.05) is 0 Å². The Hall–Kier alpha value is -1.95. The third-order valence-corrected chi connectivity index (χ3v) is 4.29. The third kappa shape index (κ3) is 2.76. The van der Waals surface area contributed by atoms with Gasteiger partial charge in [-0.25, -0.2) is 9.97 Å². The van der Waals surface area contributed by atoms with Gasteiger partial charge in [0.25, 0.3) is 0 Å². The minimum absolute atomic E-state index is 0.817. The van der Waals surface area contributed by atoms with E-state index in [1.165, 1.54) is 5.56 Å². The van der Waals surface area contributed by atoms with Gasteiger partial charge in [0.15, 0.2) is 0 Å². The Balaban J connectivity index is 1.95. The molecule has 0 fully saturated rings. The first kappa shape index (κ1) is 14.0. The predicted octanol–water partition coefficient (Wildman–Crippen LogP) is 3.24. The first-order valence-electron chi connectivity index (χ1n) is 7.19. The number of fused-ring (bicyclic) bond motifs is 1. The molecule has 0 aliphatic heterocycles. The SMILES string of the molecule is CCN(Cc1cnn(CC)c1)c1nc(C)nc2sccc12. The molecule has 0 aliphatic carbocycles. The van der Waals surface area contributed by atoms with Gasteiger partial charge in [0, 0.05) is 31.4 Å². The van der Waals surface area contributed by atoms with Crippen LogP contribution in [0.5, 0.6) is 0 Å². The van der Waals surface area contributed by atoms with E-state index in [4.69, 9.17) is 0 Å². The van der Waals surface area contributed by atoms with Gasteiger partial charge in [0.05, 0.1) is 11.6 Å². The van der Waals surface area contributed by atoms with Crippen molar-refractivity contribution in [2.24, 2.45) is 0 Å². The number of anilines is 1. The molecule has 0 unspecified atom stereocenters. The number of hydrogen-bond donors (Lipinski definition) is 0. The van der Waals surface area contributed by atoms with Crippen molar-refractivity contribution in [3.05, 3.63) is 35.2 Å². The minimum atomic E-state index is 0.817. The molecule has 0 saturated heterocycles. The lowest BCUT2D eigenvalue weighted by atomic mass is 10.3. The Morgan fingerprint density at radius 2 is 2.14 bits per heavy atom. The summed E-state index contributed by atoms with van der Waals surface area (Å²) in [6.45, 7) is 8.81. The van der Waals surface area contributed by atoms with Crippen LogP contribution in [0.2, 0.25) is 0 Å². The van der Waals surface area contributed by atoms with Crippen LogP contribution in [0.4, 0.5) is 5.82 Å². The Morgan fingerprint density at radius 3 is 2.86 bits per heavy atom. The average molecular weight is 301 g/mol. The standard InChI is InChI=1S/C15H19N5S/c1-4-19(9-12-8-16-20(5-2)10-12)14-13-6-7-21-15(13)18-11(3)17-14/h6-8,10H,4-5,9H2,1-3H3. The topological polar surface area (TPSA) is 46.8 Å². The van der Waals surface area contributed by atoms with Crippen LogP contribution < -0.4 is 4.90 Å². The molecule has 6 heteroatoms. The van der Waals surface area contributed by atoms with Gasteiger partial charge < -0.3 is 4.90 Å². The van der Waals surface area contributed by atoms with Crippen molar-refractivity contribution in [3.63, 3.8) is 0 Å². The van der Waals surface area contributed by atoms with E-state index < -0.39 is 0 Å². The number of thiophene rings is 1. The molecule has 0 radical (unpaired) electrons. The van der Waals surface area contributed by atoms with E-state index in [2.05, 4.69) is 51.5 Å². The number of aromatic nitrogens is 4. The van der Waals surface area contributed by atoms with E-state index in [0.29, 0.717) is 0 Å². The molecule has 0 N–H and O–H groups in total. The van der Waals surface area contributed by atoms with Gasteiger partial charge in [0.1, 0.15) is 16.5 Å². The summed E-state index contributed by atoms with van der Waals surface area (Å²) >= 11 is 1.66. The molecule has 0 aromatic carbocycles. The van der Waals surface area contributed by atoms with Gasteiger partial charge in [-0.05, 0) is 32.2 Å². The molecule has 3 heterocycles. The molecule has 0 spiro atoms. The molecule has 110 valence electrons. The molecule has 3 aromatic rings. The molecule has 0 aliphatic rings. The van der Waals surface area contributed by atoms with Gasteiger partial charge in [-0.15, -0.1) is 11.3 Å². The zero-order valence-corrected chi connectivity index (χ0v) is 13.4. The molecule has 5 nitrogen and oxygen atoms in total. The second-order valence-electron chi connectivity index (χ2n) is 4.95. The number of rotatable bonds is 5. The summed E-state index contributed by atoms with van der Waals surface area (Å²) in [5.74, 6) is 1.84. The molecule has 21 heavy (non-hydrogen) atoms. The molecule has 3 aromatic heterocycles. The molecular weight excluding hydrogens is 282 g/mol. The van der Waals surface area contributed by atoms with Crippen LogP contribution >= 0.6 is 11.3 Å². The van der Waals surface area contributed by atoms with Crippen molar-refractivity contribution in [1.29, 1.82) is 0 Å². The summed E-state index contributed by atoms with van der Waals surface area (Å²) in [5, 5.41) is 7.55. The van der Waals surface area contributed by atoms with E-state index in [1.54, 1.807) is 11.3 Å². The normalized spacial score (nSPS) is 11.2. The number of aryl methyl sites for hydroxylation is 2. The summed E-state index contributed by atoms with van der Waals surface area (Å²) in [6.07, 6.45) is 4.03. The van der Waals surface area contributed by atoms with Crippen molar-refractivity contribution in [3.8, 4) is 0 Å². The fourth-order valence-electron chi connectivity index (χ4n) is 2.40. The first-order chi connectivity index (χ1) is 10.2. The van der Waals surface area contributed by atoms with Crippen LogP contribution in [0.1, 0.15) is 25.2 Å². The van der Waals surface area contributed by atoms with E-state index in [-0.39, 0.29) is 0 Å². The second-order valence-corrected chi connectivity index (χ2v) is 5.85. The third-order valence-electron chi connectivity index (χ3n) is 3.48. The van der Waals surface area contributed by atoms with Crippen molar-refractivity contribution < 1.29 is 0 Å². The van der Waals surface area contributed by atoms with Crippen molar-refractivity contribution >= 4 is 27.4 Å². The zero-order chi connectivity index (χ0) is 14.8. The largest absolute Gasteiger partial charge is 0.352 e. The van der Waals surface area contributed by atoms with Gasteiger partial charge in [-0.2, -0.15) is 5.10 Å². The highest BCUT2D eigenvalue weighted by Gasteiger charge is 2.14. The smallest absolute Gasteiger partial charge is 0.141 e. The Labute approximate surface area is 128 Å². The average Bonchev–Trinajstić information content (AvgIpc) is 3.12. The molecule has 0 saturated carbocycles. The van der Waals surface area contributed by atoms with Crippen LogP contribution in [0, 0.1) is 6.92 Å². The quantitative estimate of drug-likeness (QED) is 0.726. The first-order valence-corrected chi connectivity index (χ1v) is 8.07. The van der Waals surface area contributed by atoms with E-state index in [0.717, 1.165) is 41.5 Å². The summed E-state index contributed by atoms with van der Waals surface area (Å²) in [5.41, 5.74) is 1.21. The lowest BCUT2D eigenvalue weighted by molar-refractivity contribution is 0.658.